The maximum Gasteiger partial charge on any atom is 0.240 e. The molecule has 0 fully saturated rings. The molecule has 1 aromatic heterocycles. The van der Waals surface area contributed by atoms with Crippen molar-refractivity contribution in [2.24, 2.45) is 0 Å². The fourth-order valence-corrected chi connectivity index (χ4v) is 0.715. The van der Waals surface area contributed by atoms with Crippen LogP contribution in [0, 0.1) is 0 Å². The van der Waals surface area contributed by atoms with Crippen molar-refractivity contribution in [3.63, 3.8) is 0 Å². The van der Waals surface area contributed by atoms with Crippen LogP contribution in [0.5, 0.6) is 0 Å². The minimum atomic E-state index is 0.599. The first-order chi connectivity index (χ1) is 5.22. The van der Waals surface area contributed by atoms with Gasteiger partial charge in [-0.3, -0.25) is 0 Å². The molecule has 0 N–H and O–H groups in total. The Labute approximate surface area is 66.1 Å². The summed E-state index contributed by atoms with van der Waals surface area (Å²) in [5, 5.41) is 7.66. The Morgan fingerprint density at radius 2 is 2.18 bits per heavy atom. The molecule has 0 saturated heterocycles. The predicted octanol–water partition coefficient (Wildman–Crippen LogP) is 2.06. The Morgan fingerprint density at radius 1 is 1.45 bits per heavy atom. The van der Waals surface area contributed by atoms with E-state index in [1.807, 2.05) is 26.8 Å². The van der Waals surface area contributed by atoms with Gasteiger partial charge in [-0.25, -0.2) is 0 Å². The van der Waals surface area contributed by atoms with Gasteiger partial charge in [-0.1, -0.05) is 12.5 Å². The van der Waals surface area contributed by atoms with Crippen molar-refractivity contribution >= 4 is 6.08 Å². The van der Waals surface area contributed by atoms with Gasteiger partial charge in [-0.15, -0.1) is 10.2 Å². The summed E-state index contributed by atoms with van der Waals surface area (Å²) in [7, 11) is 0. The van der Waals surface area contributed by atoms with Crippen LogP contribution in [0.2, 0.25) is 0 Å². The highest BCUT2D eigenvalue weighted by Gasteiger charge is 1.99. The highest BCUT2D eigenvalue weighted by atomic mass is 16.4. The number of allylic oxidation sites excluding steroid dienone is 1. The van der Waals surface area contributed by atoms with Crippen LogP contribution in [0.1, 0.15) is 32.6 Å². The van der Waals surface area contributed by atoms with Gasteiger partial charge in [0.1, 0.15) is 0 Å². The summed E-state index contributed by atoms with van der Waals surface area (Å²) < 4.78 is 5.24. The Balaban J connectivity index is 2.81. The zero-order valence-corrected chi connectivity index (χ0v) is 7.09. The summed E-state index contributed by atoms with van der Waals surface area (Å²) in [6.07, 6.45) is 2.66. The van der Waals surface area contributed by atoms with E-state index >= 15 is 0 Å². The molecule has 0 amide bonds. The van der Waals surface area contributed by atoms with E-state index in [1.54, 1.807) is 0 Å². The first-order valence-electron chi connectivity index (χ1n) is 3.69. The third kappa shape index (κ3) is 2.18. The summed E-state index contributed by atoms with van der Waals surface area (Å²) in [6.45, 7) is 5.98. The molecule has 0 radical (unpaired) electrons. The van der Waals surface area contributed by atoms with Crippen LogP contribution in [-0.4, -0.2) is 10.2 Å². The number of hydrogen-bond acceptors (Lipinski definition) is 3. The fraction of sp³-hybridized carbons (Fsp3) is 0.500. The average molecular weight is 152 g/mol. The quantitative estimate of drug-likeness (QED) is 0.651. The highest BCUT2D eigenvalue weighted by molar-refractivity contribution is 5.40. The minimum absolute atomic E-state index is 0.599. The molecule has 0 atom stereocenters. The van der Waals surface area contributed by atoms with Crippen molar-refractivity contribution in [2.75, 3.05) is 0 Å². The first-order valence-corrected chi connectivity index (χ1v) is 3.69. The Hall–Kier alpha value is -1.12. The lowest BCUT2D eigenvalue weighted by atomic mass is 10.3. The molecule has 1 aromatic rings. The Bertz CT molecular complexity index is 259. The van der Waals surface area contributed by atoms with Crippen LogP contribution in [0.25, 0.3) is 6.08 Å². The van der Waals surface area contributed by atoms with Crippen LogP contribution >= 0.6 is 0 Å². The van der Waals surface area contributed by atoms with Gasteiger partial charge in [0.05, 0.1) is 0 Å². The van der Waals surface area contributed by atoms with Gasteiger partial charge in [0.25, 0.3) is 0 Å². The molecular formula is C8H12N2O. The minimum Gasteiger partial charge on any atom is -0.421 e. The lowest BCUT2D eigenvalue weighted by Crippen LogP contribution is -1.76. The maximum absolute atomic E-state index is 5.24. The molecule has 0 spiro atoms. The molecule has 0 bridgehead atoms. The molecule has 0 aliphatic carbocycles. The SMILES string of the molecule is CCc1nnc(C=C(C)C)o1. The highest BCUT2D eigenvalue weighted by Crippen LogP contribution is 2.04. The third-order valence-corrected chi connectivity index (χ3v) is 1.20. The second-order valence-corrected chi connectivity index (χ2v) is 2.61. The molecule has 3 heteroatoms. The van der Waals surface area contributed by atoms with Gasteiger partial charge in [-0.05, 0) is 13.8 Å². The summed E-state index contributed by atoms with van der Waals surface area (Å²) in [5.74, 6) is 1.29. The molecule has 1 rings (SSSR count). The van der Waals surface area contributed by atoms with Crippen LogP contribution in [-0.2, 0) is 6.42 Å². The normalized spacial score (nSPS) is 9.73. The van der Waals surface area contributed by atoms with Crippen molar-refractivity contribution in [2.45, 2.75) is 27.2 Å². The van der Waals surface area contributed by atoms with E-state index in [2.05, 4.69) is 10.2 Å². The average Bonchev–Trinajstić information content (AvgIpc) is 2.34. The van der Waals surface area contributed by atoms with Gasteiger partial charge in [0.2, 0.25) is 11.8 Å². The molecule has 0 aliphatic rings. The largest absolute Gasteiger partial charge is 0.421 e. The van der Waals surface area contributed by atoms with E-state index < -0.39 is 0 Å². The van der Waals surface area contributed by atoms with Crippen molar-refractivity contribution in [1.29, 1.82) is 0 Å². The van der Waals surface area contributed by atoms with E-state index in [1.165, 1.54) is 0 Å². The standard InChI is InChI=1S/C8H12N2O/c1-4-7-9-10-8(11-7)5-6(2)3/h5H,4H2,1-3H3. The van der Waals surface area contributed by atoms with Gasteiger partial charge in [-0.2, -0.15) is 0 Å². The summed E-state index contributed by atoms with van der Waals surface area (Å²) >= 11 is 0. The third-order valence-electron chi connectivity index (χ3n) is 1.20. The van der Waals surface area contributed by atoms with Crippen molar-refractivity contribution in [1.82, 2.24) is 10.2 Å². The second-order valence-electron chi connectivity index (χ2n) is 2.61. The molecule has 0 unspecified atom stereocenters. The van der Waals surface area contributed by atoms with E-state index in [4.69, 9.17) is 4.42 Å². The Kier molecular flexibility index (Phi) is 2.41. The monoisotopic (exact) mass is 152 g/mol. The first kappa shape index (κ1) is 7.98. The molecule has 60 valence electrons. The van der Waals surface area contributed by atoms with Crippen molar-refractivity contribution in [3.8, 4) is 0 Å². The van der Waals surface area contributed by atoms with Gasteiger partial charge < -0.3 is 4.42 Å². The smallest absolute Gasteiger partial charge is 0.240 e. The molecule has 0 aliphatic heterocycles. The van der Waals surface area contributed by atoms with Gasteiger partial charge >= 0.3 is 0 Å². The molecule has 0 saturated carbocycles. The van der Waals surface area contributed by atoms with E-state index in [9.17, 15) is 0 Å². The molecule has 3 nitrogen and oxygen atoms in total. The van der Waals surface area contributed by atoms with Crippen LogP contribution < -0.4 is 0 Å². The lowest BCUT2D eigenvalue weighted by molar-refractivity contribution is 0.491. The van der Waals surface area contributed by atoms with Crippen molar-refractivity contribution in [3.05, 3.63) is 17.4 Å². The number of nitrogens with zero attached hydrogens (tertiary/aromatic N) is 2. The number of hydrogen-bond donors (Lipinski definition) is 0. The van der Waals surface area contributed by atoms with Crippen molar-refractivity contribution < 1.29 is 4.42 Å². The maximum atomic E-state index is 5.24. The predicted molar refractivity (Wildman–Crippen MR) is 43.0 cm³/mol. The van der Waals surface area contributed by atoms with Crippen LogP contribution in [0.15, 0.2) is 9.99 Å². The van der Waals surface area contributed by atoms with E-state index in [0.717, 1.165) is 12.0 Å². The van der Waals surface area contributed by atoms with Gasteiger partial charge in [0, 0.05) is 12.5 Å². The number of rotatable bonds is 2. The lowest BCUT2D eigenvalue weighted by Gasteiger charge is -1.84. The zero-order chi connectivity index (χ0) is 8.27. The molecule has 1 heterocycles. The van der Waals surface area contributed by atoms with Crippen LogP contribution in [0.4, 0.5) is 0 Å². The zero-order valence-electron chi connectivity index (χ0n) is 7.09. The molecular weight excluding hydrogens is 140 g/mol. The Morgan fingerprint density at radius 3 is 2.64 bits per heavy atom. The number of aryl methyl sites for hydroxylation is 1. The topological polar surface area (TPSA) is 38.9 Å². The summed E-state index contributed by atoms with van der Waals surface area (Å²) in [4.78, 5) is 0. The molecule has 0 aromatic carbocycles. The summed E-state index contributed by atoms with van der Waals surface area (Å²) in [6, 6.07) is 0. The van der Waals surface area contributed by atoms with Crippen LogP contribution in [0.3, 0.4) is 0 Å². The second kappa shape index (κ2) is 3.32. The summed E-state index contributed by atoms with van der Waals surface area (Å²) in [5.41, 5.74) is 1.16. The number of aromatic nitrogens is 2. The van der Waals surface area contributed by atoms with Gasteiger partial charge in [0.15, 0.2) is 0 Å². The van der Waals surface area contributed by atoms with E-state index in [-0.39, 0.29) is 0 Å². The molecule has 11 heavy (non-hydrogen) atoms. The van der Waals surface area contributed by atoms with E-state index in [0.29, 0.717) is 11.8 Å². The fourth-order valence-electron chi connectivity index (χ4n) is 0.715.